The summed E-state index contributed by atoms with van der Waals surface area (Å²) in [4.78, 5) is 3.66. The molecule has 2 aliphatic heterocycles. The largest absolute Gasteiger partial charge is 0.363 e. The van der Waals surface area contributed by atoms with Gasteiger partial charge in [-0.15, -0.1) is 0 Å². The van der Waals surface area contributed by atoms with E-state index in [4.69, 9.17) is 4.74 Å². The second-order valence-corrected chi connectivity index (χ2v) is 5.72. The Bertz CT molecular complexity index is 766. The zero-order chi connectivity index (χ0) is 13.6. The average Bonchev–Trinajstić information content (AvgIpc) is 2.89. The molecule has 1 fully saturated rings. The lowest BCUT2D eigenvalue weighted by atomic mass is 9.81. The van der Waals surface area contributed by atoms with Gasteiger partial charge in [-0.3, -0.25) is 0 Å². The third-order valence-corrected chi connectivity index (χ3v) is 4.59. The van der Waals surface area contributed by atoms with Crippen LogP contribution >= 0.6 is 0 Å². The molecule has 0 bridgehead atoms. The Morgan fingerprint density at radius 2 is 1.80 bits per heavy atom. The summed E-state index contributed by atoms with van der Waals surface area (Å²) >= 11 is 0. The molecule has 1 unspecified atom stereocenters. The van der Waals surface area contributed by atoms with Gasteiger partial charge < -0.3 is 4.74 Å². The van der Waals surface area contributed by atoms with Crippen molar-refractivity contribution in [2.75, 3.05) is 6.61 Å². The lowest BCUT2D eigenvalue weighted by molar-refractivity contribution is -0.550. The van der Waals surface area contributed by atoms with Crippen LogP contribution in [0.2, 0.25) is 0 Å². The highest BCUT2D eigenvalue weighted by atomic mass is 16.5. The Kier molecular flexibility index (Phi) is 2.54. The highest BCUT2D eigenvalue weighted by Crippen LogP contribution is 2.36. The van der Waals surface area contributed by atoms with Crippen molar-refractivity contribution in [2.45, 2.75) is 25.0 Å². The molecule has 4 rings (SSSR count). The third kappa shape index (κ3) is 1.58. The van der Waals surface area contributed by atoms with Gasteiger partial charge in [-0.2, -0.15) is 0 Å². The lowest BCUT2D eigenvalue weighted by Gasteiger charge is -2.36. The second kappa shape index (κ2) is 4.29. The molecule has 100 valence electrons. The molecule has 0 saturated carbocycles. The average molecular weight is 264 g/mol. The van der Waals surface area contributed by atoms with E-state index in [0.717, 1.165) is 13.0 Å². The molecule has 2 aromatic rings. The molecule has 0 spiro atoms. The minimum atomic E-state index is -0.298. The van der Waals surface area contributed by atoms with Gasteiger partial charge in [0.15, 0.2) is 5.60 Å². The van der Waals surface area contributed by atoms with Crippen LogP contribution in [-0.4, -0.2) is 12.6 Å². The van der Waals surface area contributed by atoms with Crippen molar-refractivity contribution in [2.24, 2.45) is 0 Å². The number of ether oxygens (including phenoxy) is 1. The van der Waals surface area contributed by atoms with E-state index < -0.39 is 0 Å². The number of nitrogens with one attached hydrogen (secondary N) is 1. The van der Waals surface area contributed by atoms with Gasteiger partial charge in [0.1, 0.15) is 0 Å². The van der Waals surface area contributed by atoms with Gasteiger partial charge in [-0.1, -0.05) is 42.5 Å². The highest BCUT2D eigenvalue weighted by Gasteiger charge is 2.48. The van der Waals surface area contributed by atoms with E-state index in [1.165, 1.54) is 21.7 Å². The van der Waals surface area contributed by atoms with Crippen LogP contribution in [0, 0.1) is 0 Å². The minimum Gasteiger partial charge on any atom is -0.363 e. The Hall–Kier alpha value is -1.93. The summed E-state index contributed by atoms with van der Waals surface area (Å²) < 4.78 is 6.21. The predicted octanol–water partition coefficient (Wildman–Crippen LogP) is 0.255. The minimum absolute atomic E-state index is 0.232. The van der Waals surface area contributed by atoms with Gasteiger partial charge >= 0.3 is 0 Å². The zero-order valence-corrected chi connectivity index (χ0v) is 11.6. The van der Waals surface area contributed by atoms with Gasteiger partial charge in [0.25, 0.3) is 0 Å². The summed E-state index contributed by atoms with van der Waals surface area (Å²) in [5.74, 6) is 0. The zero-order valence-electron chi connectivity index (χ0n) is 11.6. The highest BCUT2D eigenvalue weighted by molar-refractivity contribution is 5.54. The summed E-state index contributed by atoms with van der Waals surface area (Å²) in [6, 6.07) is 19.4. The topological polar surface area (TPSA) is 23.2 Å². The summed E-state index contributed by atoms with van der Waals surface area (Å²) in [5.41, 5.74) is 2.43. The van der Waals surface area contributed by atoms with Crippen LogP contribution in [0.1, 0.15) is 18.9 Å². The van der Waals surface area contributed by atoms with Crippen LogP contribution in [0.15, 0.2) is 54.6 Å². The fraction of sp³-hybridized carbons (Fsp3) is 0.278. The van der Waals surface area contributed by atoms with E-state index in [2.05, 4.69) is 66.5 Å². The van der Waals surface area contributed by atoms with Crippen LogP contribution in [0.5, 0.6) is 0 Å². The van der Waals surface area contributed by atoms with Crippen LogP contribution in [0.3, 0.4) is 0 Å². The molecule has 2 aromatic carbocycles. The van der Waals surface area contributed by atoms with E-state index in [-0.39, 0.29) is 11.6 Å². The summed E-state index contributed by atoms with van der Waals surface area (Å²) in [6.07, 6.45) is 1.01. The first kappa shape index (κ1) is 11.9. The fourth-order valence-electron chi connectivity index (χ4n) is 3.51. The van der Waals surface area contributed by atoms with Gasteiger partial charge in [-0.05, 0) is 25.0 Å². The molecule has 2 heteroatoms. The number of fused-ring (bicyclic) bond motifs is 2. The molecule has 1 saturated heterocycles. The number of hydrogen-bond acceptors (Lipinski definition) is 1. The van der Waals surface area contributed by atoms with Crippen molar-refractivity contribution >= 4 is 5.57 Å². The molecule has 0 aliphatic carbocycles. The van der Waals surface area contributed by atoms with E-state index in [9.17, 15) is 0 Å². The van der Waals surface area contributed by atoms with Gasteiger partial charge in [0.2, 0.25) is 11.4 Å². The molecule has 2 atom stereocenters. The summed E-state index contributed by atoms with van der Waals surface area (Å²) in [7, 11) is 0. The van der Waals surface area contributed by atoms with E-state index >= 15 is 0 Å². The van der Waals surface area contributed by atoms with Crippen molar-refractivity contribution in [1.29, 1.82) is 0 Å². The van der Waals surface area contributed by atoms with Crippen molar-refractivity contribution in [3.63, 3.8) is 0 Å². The van der Waals surface area contributed by atoms with Crippen molar-refractivity contribution in [3.8, 4) is 0 Å². The number of benzene rings is 2. The molecule has 2 aliphatic rings. The molecule has 0 aromatic heterocycles. The molecular weight excluding hydrogens is 246 g/mol. The smallest absolute Gasteiger partial charge is 0.206 e. The Balaban J connectivity index is 1.92. The maximum atomic E-state index is 6.21. The third-order valence-electron chi connectivity index (χ3n) is 4.59. The van der Waals surface area contributed by atoms with E-state index in [0.29, 0.717) is 0 Å². The quantitative estimate of drug-likeness (QED) is 0.784. The van der Waals surface area contributed by atoms with E-state index in [1.54, 1.807) is 0 Å². The van der Waals surface area contributed by atoms with Gasteiger partial charge in [-0.25, -0.2) is 4.99 Å². The number of rotatable bonds is 1. The van der Waals surface area contributed by atoms with Crippen LogP contribution in [0.25, 0.3) is 5.57 Å². The first-order valence-electron chi connectivity index (χ1n) is 7.20. The summed E-state index contributed by atoms with van der Waals surface area (Å²) in [5, 5.41) is 2.60. The maximum Gasteiger partial charge on any atom is 0.206 e. The van der Waals surface area contributed by atoms with Crippen LogP contribution in [-0.2, 0) is 10.3 Å². The number of hydrogen-bond donors (Lipinski definition) is 1. The monoisotopic (exact) mass is 264 g/mol. The number of para-hydroxylation sites is 1. The molecule has 2 nitrogen and oxygen atoms in total. The molecule has 0 amide bonds. The van der Waals surface area contributed by atoms with Gasteiger partial charge in [0, 0.05) is 11.6 Å². The van der Waals surface area contributed by atoms with Gasteiger partial charge in [0.05, 0.1) is 11.8 Å². The fourth-order valence-corrected chi connectivity index (χ4v) is 3.51. The maximum absolute atomic E-state index is 6.21. The molecule has 20 heavy (non-hydrogen) atoms. The SMILES string of the molecule is C[C@]1(c2ccccc2)OCCC2=c3ccccc3=[NH+]C21. The standard InChI is InChI=1S/C18H17NO/c1-18(13-7-3-2-4-8-13)17-15(11-12-20-18)14-9-5-6-10-16(14)19-17/h2-10,17H,11-12H2,1H3/p+1/t17?,18-/m1/s1. The normalized spacial score (nSPS) is 27.6. The van der Waals surface area contributed by atoms with E-state index in [1.807, 2.05) is 0 Å². The first-order chi connectivity index (χ1) is 9.79. The second-order valence-electron chi connectivity index (χ2n) is 5.72. The molecule has 0 radical (unpaired) electrons. The first-order valence-corrected chi connectivity index (χ1v) is 7.20. The molecule has 2 heterocycles. The van der Waals surface area contributed by atoms with Crippen LogP contribution < -0.4 is 15.6 Å². The lowest BCUT2D eigenvalue weighted by Crippen LogP contribution is -2.86. The summed E-state index contributed by atoms with van der Waals surface area (Å²) in [6.45, 7) is 2.98. The van der Waals surface area contributed by atoms with Crippen molar-refractivity contribution in [1.82, 2.24) is 0 Å². The Labute approximate surface area is 118 Å². The van der Waals surface area contributed by atoms with Crippen LogP contribution in [0.4, 0.5) is 0 Å². The predicted molar refractivity (Wildman–Crippen MR) is 77.3 cm³/mol. The van der Waals surface area contributed by atoms with Crippen molar-refractivity contribution in [3.05, 3.63) is 70.7 Å². The Morgan fingerprint density at radius 3 is 2.65 bits per heavy atom. The molecule has 1 N–H and O–H groups in total. The Morgan fingerprint density at radius 1 is 1.05 bits per heavy atom. The molecular formula is C18H18NO+. The van der Waals surface area contributed by atoms with Crippen molar-refractivity contribution < 1.29 is 9.73 Å².